The van der Waals surface area contributed by atoms with Crippen LogP contribution in [0.5, 0.6) is 0 Å². The molecular weight excluding hydrogens is 278 g/mol. The molecule has 0 aromatic heterocycles. The van der Waals surface area contributed by atoms with Crippen molar-refractivity contribution >= 4 is 11.8 Å². The number of hydrogen-bond acceptors (Lipinski definition) is 3. The molecule has 21 heavy (non-hydrogen) atoms. The van der Waals surface area contributed by atoms with Gasteiger partial charge in [-0.25, -0.2) is 0 Å². The second kappa shape index (κ2) is 16.6. The van der Waals surface area contributed by atoms with Gasteiger partial charge in [-0.15, -0.1) is 0 Å². The fourth-order valence-corrected chi connectivity index (χ4v) is 3.40. The molecular formula is C18H39NOS. The Morgan fingerprint density at radius 3 is 2.14 bits per heavy atom. The van der Waals surface area contributed by atoms with Gasteiger partial charge < -0.3 is 4.74 Å². The molecule has 3 heteroatoms. The van der Waals surface area contributed by atoms with Crippen molar-refractivity contribution < 1.29 is 4.74 Å². The molecule has 0 saturated carbocycles. The van der Waals surface area contributed by atoms with Crippen LogP contribution in [0.25, 0.3) is 0 Å². The summed E-state index contributed by atoms with van der Waals surface area (Å²) in [6, 6.07) is 0. The van der Waals surface area contributed by atoms with Gasteiger partial charge >= 0.3 is 0 Å². The van der Waals surface area contributed by atoms with Crippen LogP contribution < -0.4 is 0 Å². The third-order valence-electron chi connectivity index (χ3n) is 3.96. The van der Waals surface area contributed by atoms with Crippen molar-refractivity contribution in [1.29, 1.82) is 0 Å². The molecule has 0 aliphatic heterocycles. The molecule has 0 aromatic carbocycles. The third kappa shape index (κ3) is 13.6. The zero-order chi connectivity index (χ0) is 15.8. The van der Waals surface area contributed by atoms with E-state index in [1.807, 2.05) is 0 Å². The van der Waals surface area contributed by atoms with Gasteiger partial charge in [0.15, 0.2) is 0 Å². The second-order valence-electron chi connectivity index (χ2n) is 5.85. The molecule has 128 valence electrons. The Bertz CT molecular complexity index is 198. The molecule has 1 atom stereocenters. The van der Waals surface area contributed by atoms with Crippen molar-refractivity contribution in [3.8, 4) is 0 Å². The number of rotatable bonds is 16. The summed E-state index contributed by atoms with van der Waals surface area (Å²) in [5, 5.41) is 0. The molecule has 0 aliphatic rings. The summed E-state index contributed by atoms with van der Waals surface area (Å²) in [4.78, 5) is 2.36. The Morgan fingerprint density at radius 2 is 1.52 bits per heavy atom. The molecule has 2 nitrogen and oxygen atoms in total. The minimum atomic E-state index is 0.452. The fraction of sp³-hybridized carbons (Fsp3) is 1.00. The standard InChI is InChI=1S/C18H39NOS/c1-5-9-11-13-15-21-16-18(14-12-10-6-2)20-17-19(7-3)8-4/h18H,5-17H2,1-4H3. The van der Waals surface area contributed by atoms with E-state index >= 15 is 0 Å². The van der Waals surface area contributed by atoms with Gasteiger partial charge in [-0.05, 0) is 31.7 Å². The molecule has 0 aromatic rings. The molecule has 0 bridgehead atoms. The van der Waals surface area contributed by atoms with E-state index in [0.717, 1.165) is 19.8 Å². The van der Waals surface area contributed by atoms with E-state index < -0.39 is 0 Å². The topological polar surface area (TPSA) is 12.5 Å². The van der Waals surface area contributed by atoms with Crippen LogP contribution in [0.3, 0.4) is 0 Å². The lowest BCUT2D eigenvalue weighted by molar-refractivity contribution is -0.0124. The molecule has 0 spiro atoms. The van der Waals surface area contributed by atoms with Crippen molar-refractivity contribution in [3.63, 3.8) is 0 Å². The van der Waals surface area contributed by atoms with E-state index in [9.17, 15) is 0 Å². The third-order valence-corrected chi connectivity index (χ3v) is 5.15. The van der Waals surface area contributed by atoms with Crippen LogP contribution >= 0.6 is 11.8 Å². The van der Waals surface area contributed by atoms with Crippen LogP contribution in [0.4, 0.5) is 0 Å². The summed E-state index contributed by atoms with van der Waals surface area (Å²) in [6.45, 7) is 11.9. The lowest BCUT2D eigenvalue weighted by Crippen LogP contribution is -2.30. The van der Waals surface area contributed by atoms with Crippen LogP contribution in [-0.2, 0) is 4.74 Å². The number of nitrogens with zero attached hydrogens (tertiary/aromatic N) is 1. The van der Waals surface area contributed by atoms with Crippen LogP contribution in [0, 0.1) is 0 Å². The average molecular weight is 318 g/mol. The van der Waals surface area contributed by atoms with E-state index in [4.69, 9.17) is 4.74 Å². The van der Waals surface area contributed by atoms with Crippen molar-refractivity contribution in [1.82, 2.24) is 4.90 Å². The maximum Gasteiger partial charge on any atom is 0.0994 e. The lowest BCUT2D eigenvalue weighted by Gasteiger charge is -2.23. The molecule has 0 fully saturated rings. The maximum atomic E-state index is 6.17. The van der Waals surface area contributed by atoms with Crippen LogP contribution in [0.2, 0.25) is 0 Å². The number of hydrogen-bond donors (Lipinski definition) is 0. The van der Waals surface area contributed by atoms with Gasteiger partial charge in [0.05, 0.1) is 12.8 Å². The monoisotopic (exact) mass is 317 g/mol. The minimum Gasteiger partial charge on any atom is -0.362 e. The van der Waals surface area contributed by atoms with E-state index in [0.29, 0.717) is 6.10 Å². The smallest absolute Gasteiger partial charge is 0.0994 e. The predicted molar refractivity (Wildman–Crippen MR) is 98.3 cm³/mol. The second-order valence-corrected chi connectivity index (χ2v) is 7.00. The summed E-state index contributed by atoms with van der Waals surface area (Å²) < 4.78 is 6.17. The highest BCUT2D eigenvalue weighted by Crippen LogP contribution is 2.15. The first-order valence-corrected chi connectivity index (χ1v) is 10.4. The van der Waals surface area contributed by atoms with Gasteiger partial charge in [0.2, 0.25) is 0 Å². The fourth-order valence-electron chi connectivity index (χ4n) is 2.30. The Kier molecular flexibility index (Phi) is 16.9. The quantitative estimate of drug-likeness (QED) is 0.273. The molecule has 0 amide bonds. The minimum absolute atomic E-state index is 0.452. The van der Waals surface area contributed by atoms with Crippen molar-refractivity contribution in [3.05, 3.63) is 0 Å². The maximum absolute atomic E-state index is 6.17. The summed E-state index contributed by atoms with van der Waals surface area (Å²) in [7, 11) is 0. The zero-order valence-electron chi connectivity index (χ0n) is 15.0. The Hall–Kier alpha value is 0.270. The number of unbranched alkanes of at least 4 members (excludes halogenated alkanes) is 5. The first-order chi connectivity index (χ1) is 10.3. The van der Waals surface area contributed by atoms with Gasteiger partial charge in [-0.1, -0.05) is 66.2 Å². The van der Waals surface area contributed by atoms with Crippen LogP contribution in [0.15, 0.2) is 0 Å². The number of ether oxygens (including phenoxy) is 1. The molecule has 0 rings (SSSR count). The van der Waals surface area contributed by atoms with E-state index in [1.54, 1.807) is 0 Å². The Balaban J connectivity index is 3.84. The highest BCUT2D eigenvalue weighted by atomic mass is 32.2. The number of thioether (sulfide) groups is 1. The van der Waals surface area contributed by atoms with Gasteiger partial charge in [-0.3, -0.25) is 4.90 Å². The first kappa shape index (κ1) is 21.3. The van der Waals surface area contributed by atoms with Gasteiger partial charge in [0, 0.05) is 5.75 Å². The van der Waals surface area contributed by atoms with E-state index in [-0.39, 0.29) is 0 Å². The molecule has 0 heterocycles. The highest BCUT2D eigenvalue weighted by Gasteiger charge is 2.10. The van der Waals surface area contributed by atoms with Crippen molar-refractivity contribution in [2.75, 3.05) is 31.3 Å². The van der Waals surface area contributed by atoms with Gasteiger partial charge in [0.1, 0.15) is 0 Å². The van der Waals surface area contributed by atoms with Crippen molar-refractivity contribution in [2.45, 2.75) is 85.2 Å². The lowest BCUT2D eigenvalue weighted by atomic mass is 10.1. The van der Waals surface area contributed by atoms with Crippen LogP contribution in [0.1, 0.15) is 79.1 Å². The molecule has 0 saturated heterocycles. The Labute approximate surface area is 138 Å². The SMILES string of the molecule is CCCCCCSCC(CCCCC)OCN(CC)CC. The first-order valence-electron chi connectivity index (χ1n) is 9.20. The van der Waals surface area contributed by atoms with E-state index in [2.05, 4.69) is 44.4 Å². The largest absolute Gasteiger partial charge is 0.362 e. The van der Waals surface area contributed by atoms with Crippen molar-refractivity contribution in [2.24, 2.45) is 0 Å². The normalized spacial score (nSPS) is 13.0. The zero-order valence-corrected chi connectivity index (χ0v) is 15.8. The van der Waals surface area contributed by atoms with Gasteiger partial charge in [-0.2, -0.15) is 11.8 Å². The molecule has 0 radical (unpaired) electrons. The van der Waals surface area contributed by atoms with Crippen LogP contribution in [-0.4, -0.2) is 42.3 Å². The summed E-state index contributed by atoms with van der Waals surface area (Å²) in [5.74, 6) is 2.48. The van der Waals surface area contributed by atoms with E-state index in [1.165, 1.54) is 62.9 Å². The summed E-state index contributed by atoms with van der Waals surface area (Å²) in [5.41, 5.74) is 0. The molecule has 0 aliphatic carbocycles. The predicted octanol–water partition coefficient (Wildman–Crippen LogP) is 5.56. The van der Waals surface area contributed by atoms with Gasteiger partial charge in [0.25, 0.3) is 0 Å². The average Bonchev–Trinajstić information content (AvgIpc) is 2.51. The molecule has 1 unspecified atom stereocenters. The Morgan fingerprint density at radius 1 is 0.857 bits per heavy atom. The molecule has 0 N–H and O–H groups in total. The summed E-state index contributed by atoms with van der Waals surface area (Å²) >= 11 is 2.09. The highest BCUT2D eigenvalue weighted by molar-refractivity contribution is 7.99. The summed E-state index contributed by atoms with van der Waals surface area (Å²) in [6.07, 6.45) is 11.1.